The Morgan fingerprint density at radius 2 is 2.04 bits per heavy atom. The van der Waals surface area contributed by atoms with Gasteiger partial charge in [0, 0.05) is 16.4 Å². The fourth-order valence-electron chi connectivity index (χ4n) is 3.74. The van der Waals surface area contributed by atoms with E-state index in [9.17, 15) is 0 Å². The lowest BCUT2D eigenvalue weighted by Crippen LogP contribution is -2.27. The molecule has 2 heterocycles. The maximum atomic E-state index is 6.45. The number of likely N-dealkylation sites (N-methyl/N-ethyl adjacent to an activating group) is 1. The SMILES string of the molecule is Cc1nc(NC[C@H](c2ccccc2Cl)N(C)C)c2c3c(sc2n1)CCC3. The zero-order valence-electron chi connectivity index (χ0n) is 15.3. The Labute approximate surface area is 163 Å². The lowest BCUT2D eigenvalue weighted by molar-refractivity contribution is 0.312. The quantitative estimate of drug-likeness (QED) is 0.680. The average molecular weight is 387 g/mol. The highest BCUT2D eigenvalue weighted by Crippen LogP contribution is 2.39. The number of hydrogen-bond donors (Lipinski definition) is 1. The van der Waals surface area contributed by atoms with E-state index >= 15 is 0 Å². The zero-order valence-corrected chi connectivity index (χ0v) is 16.9. The highest BCUT2D eigenvalue weighted by molar-refractivity contribution is 7.19. The number of hydrogen-bond acceptors (Lipinski definition) is 5. The van der Waals surface area contributed by atoms with Crippen LogP contribution >= 0.6 is 22.9 Å². The van der Waals surface area contributed by atoms with Gasteiger partial charge < -0.3 is 10.2 Å². The Hall–Kier alpha value is -1.69. The molecule has 0 spiro atoms. The second-order valence-corrected chi connectivity index (χ2v) is 8.53. The summed E-state index contributed by atoms with van der Waals surface area (Å²) in [6, 6.07) is 8.22. The molecular weight excluding hydrogens is 364 g/mol. The van der Waals surface area contributed by atoms with E-state index in [0.29, 0.717) is 0 Å². The molecule has 0 amide bonds. The van der Waals surface area contributed by atoms with Gasteiger partial charge in [0.25, 0.3) is 0 Å². The molecule has 0 saturated heterocycles. The van der Waals surface area contributed by atoms with Crippen LogP contribution in [0.5, 0.6) is 0 Å². The Kier molecular flexibility index (Phi) is 4.86. The zero-order chi connectivity index (χ0) is 18.3. The van der Waals surface area contributed by atoms with Crippen molar-refractivity contribution in [1.82, 2.24) is 14.9 Å². The monoisotopic (exact) mass is 386 g/mol. The van der Waals surface area contributed by atoms with Gasteiger partial charge in [0.05, 0.1) is 11.4 Å². The maximum absolute atomic E-state index is 6.45. The molecule has 0 bridgehead atoms. The first-order chi connectivity index (χ1) is 12.5. The fourth-order valence-corrected chi connectivity index (χ4v) is 5.31. The minimum atomic E-state index is 0.167. The highest BCUT2D eigenvalue weighted by Gasteiger charge is 2.23. The van der Waals surface area contributed by atoms with Crippen LogP contribution in [0.15, 0.2) is 24.3 Å². The summed E-state index contributed by atoms with van der Waals surface area (Å²) in [4.78, 5) is 14.2. The third kappa shape index (κ3) is 3.20. The molecule has 26 heavy (non-hydrogen) atoms. The fraction of sp³-hybridized carbons (Fsp3) is 0.400. The van der Waals surface area contributed by atoms with Gasteiger partial charge in [-0.15, -0.1) is 11.3 Å². The summed E-state index contributed by atoms with van der Waals surface area (Å²) in [6.07, 6.45) is 3.55. The molecule has 0 saturated carbocycles. The Morgan fingerprint density at radius 3 is 2.81 bits per heavy atom. The minimum absolute atomic E-state index is 0.167. The molecule has 4 nitrogen and oxygen atoms in total. The molecule has 1 aromatic carbocycles. The first-order valence-electron chi connectivity index (χ1n) is 8.98. The van der Waals surface area contributed by atoms with Crippen molar-refractivity contribution in [2.45, 2.75) is 32.2 Å². The molecule has 4 rings (SSSR count). The molecular formula is C20H23ClN4S. The first kappa shape index (κ1) is 17.7. The normalized spacial score (nSPS) is 14.8. The number of fused-ring (bicyclic) bond motifs is 3. The smallest absolute Gasteiger partial charge is 0.138 e. The van der Waals surface area contributed by atoms with Crippen LogP contribution in [0, 0.1) is 6.92 Å². The molecule has 0 aliphatic heterocycles. The van der Waals surface area contributed by atoms with E-state index in [1.54, 1.807) is 0 Å². The van der Waals surface area contributed by atoms with Crippen LogP contribution in [0.3, 0.4) is 0 Å². The summed E-state index contributed by atoms with van der Waals surface area (Å²) in [7, 11) is 4.16. The summed E-state index contributed by atoms with van der Waals surface area (Å²) in [6.45, 7) is 2.71. The van der Waals surface area contributed by atoms with Gasteiger partial charge in [0.15, 0.2) is 0 Å². The number of rotatable bonds is 5. The minimum Gasteiger partial charge on any atom is -0.367 e. The van der Waals surface area contributed by atoms with Gasteiger partial charge in [-0.05, 0) is 57.5 Å². The standard InChI is InChI=1S/C20H23ClN4S/c1-12-23-19(18-14-8-6-10-17(14)26-20(18)24-12)22-11-16(25(2)3)13-7-4-5-9-15(13)21/h4-5,7,9,16H,6,8,10-11H2,1-3H3,(H,22,23,24)/t16-/m1/s1. The van der Waals surface area contributed by atoms with Crippen LogP contribution in [0.25, 0.3) is 10.2 Å². The summed E-state index contributed by atoms with van der Waals surface area (Å²) in [5.74, 6) is 1.78. The number of aryl methyl sites for hydroxylation is 3. The number of benzene rings is 1. The largest absolute Gasteiger partial charge is 0.367 e. The predicted octanol–water partition coefficient (Wildman–Crippen LogP) is 4.86. The van der Waals surface area contributed by atoms with E-state index in [0.717, 1.165) is 40.0 Å². The summed E-state index contributed by atoms with van der Waals surface area (Å²) in [5.41, 5.74) is 2.58. The lowest BCUT2D eigenvalue weighted by atomic mass is 10.1. The number of halogens is 1. The van der Waals surface area contributed by atoms with Crippen molar-refractivity contribution < 1.29 is 0 Å². The molecule has 1 aliphatic carbocycles. The van der Waals surface area contributed by atoms with Crippen LogP contribution in [-0.2, 0) is 12.8 Å². The molecule has 3 aromatic rings. The Bertz CT molecular complexity index is 950. The first-order valence-corrected chi connectivity index (χ1v) is 10.2. The molecule has 6 heteroatoms. The van der Waals surface area contributed by atoms with Gasteiger partial charge in [-0.3, -0.25) is 0 Å². The molecule has 2 aromatic heterocycles. The second-order valence-electron chi connectivity index (χ2n) is 7.04. The average Bonchev–Trinajstić information content (AvgIpc) is 3.16. The van der Waals surface area contributed by atoms with Crippen LogP contribution in [0.2, 0.25) is 5.02 Å². The lowest BCUT2D eigenvalue weighted by Gasteiger charge is -2.26. The van der Waals surface area contributed by atoms with Crippen LogP contribution < -0.4 is 5.32 Å². The van der Waals surface area contributed by atoms with Crippen molar-refractivity contribution in [2.75, 3.05) is 26.0 Å². The molecule has 1 atom stereocenters. The van der Waals surface area contributed by atoms with Crippen molar-refractivity contribution in [3.63, 3.8) is 0 Å². The number of aromatic nitrogens is 2. The van der Waals surface area contributed by atoms with Gasteiger partial charge >= 0.3 is 0 Å². The van der Waals surface area contributed by atoms with E-state index in [4.69, 9.17) is 16.6 Å². The molecule has 136 valence electrons. The van der Waals surface area contributed by atoms with Crippen LogP contribution in [-0.4, -0.2) is 35.5 Å². The molecule has 1 N–H and O–H groups in total. The Balaban J connectivity index is 1.67. The van der Waals surface area contributed by atoms with E-state index in [1.165, 1.54) is 28.7 Å². The summed E-state index contributed by atoms with van der Waals surface area (Å²) in [5, 5.41) is 5.63. The summed E-state index contributed by atoms with van der Waals surface area (Å²) < 4.78 is 0. The van der Waals surface area contributed by atoms with Gasteiger partial charge in [-0.1, -0.05) is 29.8 Å². The van der Waals surface area contributed by atoms with Crippen molar-refractivity contribution in [3.8, 4) is 0 Å². The molecule has 0 fully saturated rings. The van der Waals surface area contributed by atoms with Crippen molar-refractivity contribution in [1.29, 1.82) is 0 Å². The van der Waals surface area contributed by atoms with Gasteiger partial charge in [-0.25, -0.2) is 9.97 Å². The number of thiophene rings is 1. The van der Waals surface area contributed by atoms with Crippen molar-refractivity contribution >= 4 is 39.0 Å². The Morgan fingerprint density at radius 1 is 1.23 bits per heavy atom. The van der Waals surface area contributed by atoms with E-state index in [2.05, 4.69) is 35.4 Å². The van der Waals surface area contributed by atoms with Gasteiger partial charge in [0.2, 0.25) is 0 Å². The topological polar surface area (TPSA) is 41.1 Å². The van der Waals surface area contributed by atoms with Gasteiger partial charge in [-0.2, -0.15) is 0 Å². The number of nitrogens with one attached hydrogen (secondary N) is 1. The van der Waals surface area contributed by atoms with E-state index in [1.807, 2.05) is 36.5 Å². The highest BCUT2D eigenvalue weighted by atomic mass is 35.5. The second kappa shape index (κ2) is 7.14. The third-order valence-electron chi connectivity index (χ3n) is 5.03. The number of anilines is 1. The molecule has 0 unspecified atom stereocenters. The third-order valence-corrected chi connectivity index (χ3v) is 6.56. The van der Waals surface area contributed by atoms with Crippen LogP contribution in [0.4, 0.5) is 5.82 Å². The van der Waals surface area contributed by atoms with Crippen molar-refractivity contribution in [2.24, 2.45) is 0 Å². The van der Waals surface area contributed by atoms with Crippen LogP contribution in [0.1, 0.15) is 34.3 Å². The molecule has 1 aliphatic rings. The van der Waals surface area contributed by atoms with Crippen molar-refractivity contribution in [3.05, 3.63) is 51.1 Å². The number of nitrogens with zero attached hydrogens (tertiary/aromatic N) is 3. The van der Waals surface area contributed by atoms with E-state index < -0.39 is 0 Å². The molecule has 0 radical (unpaired) electrons. The van der Waals surface area contributed by atoms with Gasteiger partial charge in [0.1, 0.15) is 16.5 Å². The van der Waals surface area contributed by atoms with E-state index in [-0.39, 0.29) is 6.04 Å². The maximum Gasteiger partial charge on any atom is 0.138 e. The summed E-state index contributed by atoms with van der Waals surface area (Å²) >= 11 is 8.28. The predicted molar refractivity (Wildman–Crippen MR) is 111 cm³/mol.